The number of aliphatic hydroxyl groups excluding tert-OH is 3. The van der Waals surface area contributed by atoms with Crippen molar-refractivity contribution in [1.29, 1.82) is 5.26 Å². The summed E-state index contributed by atoms with van der Waals surface area (Å²) < 4.78 is 6.94. The Morgan fingerprint density at radius 1 is 1.50 bits per heavy atom. The maximum atomic E-state index is 11.9. The lowest BCUT2D eigenvalue weighted by atomic mass is 10.1. The van der Waals surface area contributed by atoms with Gasteiger partial charge in [0.05, 0.1) is 18.5 Å². The molecule has 2 aromatic heterocycles. The summed E-state index contributed by atoms with van der Waals surface area (Å²) >= 11 is 3.20. The molecule has 4 atom stereocenters. The van der Waals surface area contributed by atoms with Crippen LogP contribution in [0.3, 0.4) is 0 Å². The molecule has 0 aliphatic carbocycles. The smallest absolute Gasteiger partial charge is 0.261 e. The van der Waals surface area contributed by atoms with Gasteiger partial charge in [-0.15, -0.1) is 0 Å². The first kappa shape index (κ1) is 15.1. The first-order chi connectivity index (χ1) is 10.5. The van der Waals surface area contributed by atoms with Crippen molar-refractivity contribution in [3.05, 3.63) is 26.8 Å². The van der Waals surface area contributed by atoms with E-state index in [4.69, 9.17) is 9.84 Å². The zero-order chi connectivity index (χ0) is 16.0. The van der Waals surface area contributed by atoms with Crippen LogP contribution in [0, 0.1) is 11.3 Å². The second kappa shape index (κ2) is 5.45. The second-order valence-electron chi connectivity index (χ2n) is 4.81. The lowest BCUT2D eigenvalue weighted by molar-refractivity contribution is -0.0518. The van der Waals surface area contributed by atoms with Gasteiger partial charge in [-0.25, -0.2) is 4.98 Å². The molecule has 1 aliphatic rings. The van der Waals surface area contributed by atoms with Crippen molar-refractivity contribution in [2.24, 2.45) is 0 Å². The molecule has 10 heteroatoms. The molecule has 0 aromatic carbocycles. The summed E-state index contributed by atoms with van der Waals surface area (Å²) in [7, 11) is 0. The topological polar surface area (TPSA) is 144 Å². The number of halogens is 1. The van der Waals surface area contributed by atoms with Crippen molar-refractivity contribution < 1.29 is 20.1 Å². The number of aromatic amines is 1. The van der Waals surface area contributed by atoms with Gasteiger partial charge in [-0.1, -0.05) is 0 Å². The fraction of sp³-hybridized carbons (Fsp3) is 0.417. The van der Waals surface area contributed by atoms with Gasteiger partial charge in [-0.05, 0) is 15.9 Å². The minimum atomic E-state index is -1.35. The van der Waals surface area contributed by atoms with E-state index < -0.39 is 36.7 Å². The Balaban J connectivity index is 2.25. The predicted octanol–water partition coefficient (Wildman–Crippen LogP) is -1.03. The van der Waals surface area contributed by atoms with Crippen LogP contribution in [-0.4, -0.2) is 54.8 Å². The summed E-state index contributed by atoms with van der Waals surface area (Å²) in [5, 5.41) is 38.4. The monoisotopic (exact) mass is 370 g/mol. The highest BCUT2D eigenvalue weighted by atomic mass is 79.9. The number of fused-ring (bicyclic) bond motifs is 1. The van der Waals surface area contributed by atoms with E-state index in [1.54, 1.807) is 0 Å². The Bertz CT molecular complexity index is 825. The van der Waals surface area contributed by atoms with Crippen molar-refractivity contribution >= 4 is 27.0 Å². The highest BCUT2D eigenvalue weighted by Gasteiger charge is 2.45. The van der Waals surface area contributed by atoms with Crippen molar-refractivity contribution in [2.45, 2.75) is 24.5 Å². The number of nitrogens with zero attached hydrogens (tertiary/aromatic N) is 3. The molecule has 116 valence electrons. The van der Waals surface area contributed by atoms with Crippen LogP contribution in [-0.2, 0) is 4.74 Å². The average molecular weight is 371 g/mol. The fourth-order valence-electron chi connectivity index (χ4n) is 2.54. The van der Waals surface area contributed by atoms with Crippen LogP contribution in [0.15, 0.2) is 15.7 Å². The zero-order valence-electron chi connectivity index (χ0n) is 11.0. The lowest BCUT2D eigenvalue weighted by Gasteiger charge is -2.18. The van der Waals surface area contributed by atoms with Crippen molar-refractivity contribution in [1.82, 2.24) is 14.5 Å². The fourth-order valence-corrected chi connectivity index (χ4v) is 3.20. The van der Waals surface area contributed by atoms with Gasteiger partial charge in [-0.2, -0.15) is 5.26 Å². The molecular weight excluding hydrogens is 360 g/mol. The van der Waals surface area contributed by atoms with Crippen LogP contribution in [0.4, 0.5) is 0 Å². The van der Waals surface area contributed by atoms with Crippen LogP contribution in [0.2, 0.25) is 0 Å². The van der Waals surface area contributed by atoms with Gasteiger partial charge in [-0.3, -0.25) is 9.36 Å². The summed E-state index contributed by atoms with van der Waals surface area (Å²) in [5.74, 6) is 0. The maximum Gasteiger partial charge on any atom is 0.261 e. The molecule has 3 rings (SSSR count). The number of hydrogen-bond acceptors (Lipinski definition) is 7. The molecule has 0 amide bonds. The van der Waals surface area contributed by atoms with Gasteiger partial charge in [0.25, 0.3) is 5.56 Å². The largest absolute Gasteiger partial charge is 0.394 e. The molecule has 1 aliphatic heterocycles. The van der Waals surface area contributed by atoms with Gasteiger partial charge in [0, 0.05) is 0 Å². The van der Waals surface area contributed by atoms with Crippen LogP contribution < -0.4 is 5.56 Å². The van der Waals surface area contributed by atoms with Crippen molar-refractivity contribution in [3.8, 4) is 6.07 Å². The van der Waals surface area contributed by atoms with Gasteiger partial charge >= 0.3 is 0 Å². The van der Waals surface area contributed by atoms with E-state index in [0.717, 1.165) is 6.33 Å². The number of rotatable bonds is 2. The molecule has 0 radical (unpaired) electrons. The molecule has 9 nitrogen and oxygen atoms in total. The van der Waals surface area contributed by atoms with E-state index in [2.05, 4.69) is 25.9 Å². The van der Waals surface area contributed by atoms with Crippen molar-refractivity contribution in [3.63, 3.8) is 0 Å². The standard InChI is InChI=1S/C12H11BrN4O5/c13-9-4(1-14)6-10(15-3-16-11(6)21)17(9)12-8(20)7(19)5(2-18)22-12/h3,5,7-8,12,18-20H,2H2,(H,15,16,21)/t5-,7-,8-,12-/m1/s1. The van der Waals surface area contributed by atoms with E-state index >= 15 is 0 Å². The Hall–Kier alpha value is -1.77. The summed E-state index contributed by atoms with van der Waals surface area (Å²) in [6, 6.07) is 1.90. The quantitative estimate of drug-likeness (QED) is 0.528. The Kier molecular flexibility index (Phi) is 3.75. The van der Waals surface area contributed by atoms with Crippen LogP contribution in [0.25, 0.3) is 11.0 Å². The molecule has 0 bridgehead atoms. The predicted molar refractivity (Wildman–Crippen MR) is 75.8 cm³/mol. The van der Waals surface area contributed by atoms with Gasteiger partial charge in [0.2, 0.25) is 0 Å². The second-order valence-corrected chi connectivity index (χ2v) is 5.56. The van der Waals surface area contributed by atoms with Gasteiger partial charge in [0.15, 0.2) is 11.9 Å². The van der Waals surface area contributed by atoms with Crippen LogP contribution in [0.1, 0.15) is 11.8 Å². The third-order valence-corrected chi connectivity index (χ3v) is 4.39. The van der Waals surface area contributed by atoms with E-state index in [-0.39, 0.29) is 21.2 Å². The Morgan fingerprint density at radius 3 is 2.82 bits per heavy atom. The number of aliphatic hydroxyl groups is 3. The van der Waals surface area contributed by atoms with Crippen molar-refractivity contribution in [2.75, 3.05) is 6.61 Å². The lowest BCUT2D eigenvalue weighted by Crippen LogP contribution is -2.33. The Labute approximate surface area is 131 Å². The van der Waals surface area contributed by atoms with E-state index in [1.165, 1.54) is 4.57 Å². The number of nitrogens with one attached hydrogen (secondary N) is 1. The molecular formula is C12H11BrN4O5. The molecule has 3 heterocycles. The molecule has 1 saturated heterocycles. The van der Waals surface area contributed by atoms with E-state index in [0.29, 0.717) is 0 Å². The summed E-state index contributed by atoms with van der Waals surface area (Å²) in [5.41, 5.74) is -0.336. The first-order valence-corrected chi connectivity index (χ1v) is 7.10. The highest BCUT2D eigenvalue weighted by Crippen LogP contribution is 2.36. The SMILES string of the molecule is N#Cc1c(Br)n([C@@H]2O[C@H](CO)[C@@H](O)[C@H]2O)c2nc[nH]c(=O)c12. The zero-order valence-corrected chi connectivity index (χ0v) is 12.6. The minimum absolute atomic E-state index is 0.0436. The number of aromatic nitrogens is 3. The number of H-pyrrole nitrogens is 1. The molecule has 22 heavy (non-hydrogen) atoms. The number of hydrogen-bond donors (Lipinski definition) is 4. The molecule has 0 unspecified atom stereocenters. The third-order valence-electron chi connectivity index (χ3n) is 3.61. The molecule has 1 fully saturated rings. The minimum Gasteiger partial charge on any atom is -0.394 e. The van der Waals surface area contributed by atoms with E-state index in [9.17, 15) is 20.3 Å². The summed E-state index contributed by atoms with van der Waals surface area (Å²) in [6.45, 7) is -0.481. The van der Waals surface area contributed by atoms with Crippen LogP contribution >= 0.6 is 15.9 Å². The Morgan fingerprint density at radius 2 is 2.23 bits per heavy atom. The van der Waals surface area contributed by atoms with Gasteiger partial charge in [0.1, 0.15) is 34.4 Å². The summed E-state index contributed by atoms with van der Waals surface area (Å²) in [6.07, 6.45) is -3.56. The van der Waals surface area contributed by atoms with Crippen LogP contribution in [0.5, 0.6) is 0 Å². The number of ether oxygens (including phenoxy) is 1. The normalized spacial score (nSPS) is 28.1. The molecule has 0 saturated carbocycles. The van der Waals surface area contributed by atoms with Gasteiger partial charge < -0.3 is 25.0 Å². The summed E-state index contributed by atoms with van der Waals surface area (Å²) in [4.78, 5) is 18.3. The average Bonchev–Trinajstić information content (AvgIpc) is 2.95. The highest BCUT2D eigenvalue weighted by molar-refractivity contribution is 9.10. The molecule has 4 N–H and O–H groups in total. The maximum absolute atomic E-state index is 11.9. The molecule has 2 aromatic rings. The molecule has 0 spiro atoms. The third kappa shape index (κ3) is 1.98. The van der Waals surface area contributed by atoms with E-state index in [1.807, 2.05) is 6.07 Å². The number of nitriles is 1. The first-order valence-electron chi connectivity index (χ1n) is 6.30.